The maximum atomic E-state index is 5.54. The number of rotatable bonds is 4. The van der Waals surface area contributed by atoms with Gasteiger partial charge < -0.3 is 11.1 Å². The molecule has 80 valence electrons. The van der Waals surface area contributed by atoms with Crippen molar-refractivity contribution < 1.29 is 0 Å². The number of nitrogens with two attached hydrogens (primary N) is 1. The average molecular weight is 204 g/mol. The number of hydrogen-bond donors (Lipinski definition) is 2. The van der Waals surface area contributed by atoms with E-state index >= 15 is 0 Å². The van der Waals surface area contributed by atoms with E-state index < -0.39 is 0 Å². The SMILES string of the molecule is C[C@H](CN)NCc1cnn2ccccc12. The molecule has 0 unspecified atom stereocenters. The van der Waals surface area contributed by atoms with Gasteiger partial charge in [-0.2, -0.15) is 5.10 Å². The third-order valence-corrected chi connectivity index (χ3v) is 2.50. The van der Waals surface area contributed by atoms with Crippen LogP contribution in [0.1, 0.15) is 12.5 Å². The lowest BCUT2D eigenvalue weighted by Crippen LogP contribution is -2.32. The van der Waals surface area contributed by atoms with E-state index in [2.05, 4.69) is 23.4 Å². The summed E-state index contributed by atoms with van der Waals surface area (Å²) in [5.41, 5.74) is 7.89. The molecule has 0 fully saturated rings. The summed E-state index contributed by atoms with van der Waals surface area (Å²) in [6.07, 6.45) is 3.84. The van der Waals surface area contributed by atoms with Crippen molar-refractivity contribution in [2.75, 3.05) is 6.54 Å². The summed E-state index contributed by atoms with van der Waals surface area (Å²) < 4.78 is 1.88. The fourth-order valence-electron chi connectivity index (χ4n) is 1.49. The zero-order chi connectivity index (χ0) is 10.7. The lowest BCUT2D eigenvalue weighted by atomic mass is 10.2. The number of hydrogen-bond acceptors (Lipinski definition) is 3. The minimum atomic E-state index is 0.337. The average Bonchev–Trinajstić information content (AvgIpc) is 2.69. The molecule has 15 heavy (non-hydrogen) atoms. The quantitative estimate of drug-likeness (QED) is 0.773. The Kier molecular flexibility index (Phi) is 2.99. The van der Waals surface area contributed by atoms with Gasteiger partial charge in [-0.15, -0.1) is 0 Å². The monoisotopic (exact) mass is 204 g/mol. The zero-order valence-electron chi connectivity index (χ0n) is 8.85. The van der Waals surface area contributed by atoms with E-state index in [1.165, 1.54) is 5.56 Å². The van der Waals surface area contributed by atoms with Gasteiger partial charge in [0.25, 0.3) is 0 Å². The molecule has 0 spiro atoms. The van der Waals surface area contributed by atoms with Crippen LogP contribution in [-0.4, -0.2) is 22.2 Å². The summed E-state index contributed by atoms with van der Waals surface area (Å²) in [7, 11) is 0. The summed E-state index contributed by atoms with van der Waals surface area (Å²) in [4.78, 5) is 0. The fraction of sp³-hybridized carbons (Fsp3) is 0.364. The van der Waals surface area contributed by atoms with Gasteiger partial charge in [-0.25, -0.2) is 4.52 Å². The maximum Gasteiger partial charge on any atom is 0.0706 e. The van der Waals surface area contributed by atoms with Crippen LogP contribution in [0.2, 0.25) is 0 Å². The van der Waals surface area contributed by atoms with Crippen LogP contribution < -0.4 is 11.1 Å². The Morgan fingerprint density at radius 1 is 1.53 bits per heavy atom. The Labute approximate surface area is 89.1 Å². The standard InChI is InChI=1S/C11H16N4/c1-9(6-12)13-7-10-8-14-15-5-3-2-4-11(10)15/h2-5,8-9,13H,6-7,12H2,1H3/t9-/m1/s1. The minimum absolute atomic E-state index is 0.337. The maximum absolute atomic E-state index is 5.54. The predicted molar refractivity (Wildman–Crippen MR) is 60.5 cm³/mol. The molecule has 2 rings (SSSR count). The molecular weight excluding hydrogens is 188 g/mol. The van der Waals surface area contributed by atoms with Gasteiger partial charge in [0.1, 0.15) is 0 Å². The van der Waals surface area contributed by atoms with E-state index in [0.717, 1.165) is 12.1 Å². The van der Waals surface area contributed by atoms with Crippen LogP contribution in [-0.2, 0) is 6.54 Å². The summed E-state index contributed by atoms with van der Waals surface area (Å²) >= 11 is 0. The molecule has 4 heteroatoms. The topological polar surface area (TPSA) is 55.3 Å². The van der Waals surface area contributed by atoms with Crippen molar-refractivity contribution in [1.82, 2.24) is 14.9 Å². The van der Waals surface area contributed by atoms with Crippen molar-refractivity contribution in [3.63, 3.8) is 0 Å². The van der Waals surface area contributed by atoms with Crippen LogP contribution in [0.25, 0.3) is 5.52 Å². The second-order valence-electron chi connectivity index (χ2n) is 3.72. The third kappa shape index (κ3) is 2.16. The van der Waals surface area contributed by atoms with Gasteiger partial charge in [0.2, 0.25) is 0 Å². The highest BCUT2D eigenvalue weighted by Crippen LogP contribution is 2.09. The predicted octanol–water partition coefficient (Wildman–Crippen LogP) is 0.771. The number of fused-ring (bicyclic) bond motifs is 1. The van der Waals surface area contributed by atoms with Crippen LogP contribution in [0.3, 0.4) is 0 Å². The first-order chi connectivity index (χ1) is 7.31. The van der Waals surface area contributed by atoms with Crippen LogP contribution >= 0.6 is 0 Å². The van der Waals surface area contributed by atoms with Gasteiger partial charge in [-0.3, -0.25) is 0 Å². The van der Waals surface area contributed by atoms with Gasteiger partial charge in [-0.05, 0) is 19.1 Å². The van der Waals surface area contributed by atoms with Crippen molar-refractivity contribution in [2.45, 2.75) is 19.5 Å². The Balaban J connectivity index is 2.14. The van der Waals surface area contributed by atoms with E-state index in [-0.39, 0.29) is 0 Å². The van der Waals surface area contributed by atoms with Crippen LogP contribution in [0, 0.1) is 0 Å². The first-order valence-electron chi connectivity index (χ1n) is 5.16. The second-order valence-corrected chi connectivity index (χ2v) is 3.72. The van der Waals surface area contributed by atoms with E-state index in [1.54, 1.807) is 0 Å². The lowest BCUT2D eigenvalue weighted by molar-refractivity contribution is 0.558. The molecule has 2 aromatic heterocycles. The number of pyridine rings is 1. The lowest BCUT2D eigenvalue weighted by Gasteiger charge is -2.09. The van der Waals surface area contributed by atoms with E-state index in [0.29, 0.717) is 12.6 Å². The molecular formula is C11H16N4. The number of nitrogens with zero attached hydrogens (tertiary/aromatic N) is 2. The molecule has 0 bridgehead atoms. The highest BCUT2D eigenvalue weighted by atomic mass is 15.2. The van der Waals surface area contributed by atoms with Gasteiger partial charge in [-0.1, -0.05) is 6.07 Å². The normalized spacial score (nSPS) is 13.2. The summed E-state index contributed by atoms with van der Waals surface area (Å²) in [6, 6.07) is 6.40. The molecule has 0 aliphatic heterocycles. The van der Waals surface area contributed by atoms with Crippen LogP contribution in [0.4, 0.5) is 0 Å². The van der Waals surface area contributed by atoms with E-state index in [1.807, 2.05) is 29.0 Å². The smallest absolute Gasteiger partial charge is 0.0706 e. The van der Waals surface area contributed by atoms with Crippen molar-refractivity contribution in [3.05, 3.63) is 36.2 Å². The molecule has 2 aromatic rings. The Morgan fingerprint density at radius 3 is 3.20 bits per heavy atom. The Morgan fingerprint density at radius 2 is 2.40 bits per heavy atom. The van der Waals surface area contributed by atoms with Crippen molar-refractivity contribution >= 4 is 5.52 Å². The summed E-state index contributed by atoms with van der Waals surface area (Å²) in [5.74, 6) is 0. The first-order valence-corrected chi connectivity index (χ1v) is 5.16. The van der Waals surface area contributed by atoms with Gasteiger partial charge in [0, 0.05) is 30.9 Å². The zero-order valence-corrected chi connectivity index (χ0v) is 8.85. The van der Waals surface area contributed by atoms with Crippen molar-refractivity contribution in [3.8, 4) is 0 Å². The summed E-state index contributed by atoms with van der Waals surface area (Å²) in [5, 5.41) is 7.62. The molecule has 4 nitrogen and oxygen atoms in total. The third-order valence-electron chi connectivity index (χ3n) is 2.50. The highest BCUT2D eigenvalue weighted by molar-refractivity contribution is 5.53. The molecule has 0 aromatic carbocycles. The second kappa shape index (κ2) is 4.42. The Bertz CT molecular complexity index is 435. The van der Waals surface area contributed by atoms with Crippen molar-refractivity contribution in [2.24, 2.45) is 5.73 Å². The van der Waals surface area contributed by atoms with Crippen LogP contribution in [0.5, 0.6) is 0 Å². The number of nitrogens with one attached hydrogen (secondary N) is 1. The molecule has 0 radical (unpaired) electrons. The van der Waals surface area contributed by atoms with Crippen molar-refractivity contribution in [1.29, 1.82) is 0 Å². The molecule has 0 saturated heterocycles. The summed E-state index contributed by atoms with van der Waals surface area (Å²) in [6.45, 7) is 3.54. The largest absolute Gasteiger partial charge is 0.329 e. The molecule has 0 aliphatic carbocycles. The number of aromatic nitrogens is 2. The fourth-order valence-corrected chi connectivity index (χ4v) is 1.49. The van der Waals surface area contributed by atoms with Crippen LogP contribution in [0.15, 0.2) is 30.6 Å². The van der Waals surface area contributed by atoms with Gasteiger partial charge in [0.05, 0.1) is 11.7 Å². The molecule has 0 amide bonds. The van der Waals surface area contributed by atoms with Gasteiger partial charge in [0.15, 0.2) is 0 Å². The highest BCUT2D eigenvalue weighted by Gasteiger charge is 2.04. The van der Waals surface area contributed by atoms with E-state index in [4.69, 9.17) is 5.73 Å². The molecule has 1 atom stereocenters. The minimum Gasteiger partial charge on any atom is -0.329 e. The Hall–Kier alpha value is -1.39. The molecule has 0 aliphatic rings. The molecule has 3 N–H and O–H groups in total. The van der Waals surface area contributed by atoms with E-state index in [9.17, 15) is 0 Å². The molecule has 0 saturated carbocycles. The first kappa shape index (κ1) is 10.1. The van der Waals surface area contributed by atoms with Gasteiger partial charge >= 0.3 is 0 Å². The molecule has 2 heterocycles.